The van der Waals surface area contributed by atoms with Gasteiger partial charge in [-0.2, -0.15) is 0 Å². The fourth-order valence-corrected chi connectivity index (χ4v) is 1.44. The Bertz CT molecular complexity index is 544. The summed E-state index contributed by atoms with van der Waals surface area (Å²) >= 11 is 0. The molecular formula is C11H12N2O7. The minimum Gasteiger partial charge on any atom is -0.496 e. The van der Waals surface area contributed by atoms with Crippen LogP contribution < -0.4 is 10.1 Å². The zero-order valence-electron chi connectivity index (χ0n) is 10.4. The van der Waals surface area contributed by atoms with Gasteiger partial charge in [-0.05, 0) is 6.07 Å². The minimum atomic E-state index is -1.80. The zero-order valence-corrected chi connectivity index (χ0v) is 10.4. The molecule has 0 bridgehead atoms. The van der Waals surface area contributed by atoms with Gasteiger partial charge >= 0.3 is 5.97 Å². The van der Waals surface area contributed by atoms with Crippen molar-refractivity contribution < 1.29 is 29.5 Å². The van der Waals surface area contributed by atoms with Gasteiger partial charge in [-0.15, -0.1) is 0 Å². The molecule has 0 saturated carbocycles. The third-order valence-corrected chi connectivity index (χ3v) is 2.39. The lowest BCUT2D eigenvalue weighted by atomic mass is 10.1. The molecule has 0 fully saturated rings. The molecule has 1 atom stereocenters. The molecule has 0 heterocycles. The maximum atomic E-state index is 11.9. The van der Waals surface area contributed by atoms with Crippen molar-refractivity contribution in [3.8, 4) is 5.75 Å². The number of aliphatic hydroxyl groups excluding tert-OH is 1. The summed E-state index contributed by atoms with van der Waals surface area (Å²) < 4.78 is 4.87. The fourth-order valence-electron chi connectivity index (χ4n) is 1.44. The molecule has 1 aromatic carbocycles. The second kappa shape index (κ2) is 6.48. The number of benzene rings is 1. The van der Waals surface area contributed by atoms with Gasteiger partial charge in [0.1, 0.15) is 5.75 Å². The molecule has 0 saturated heterocycles. The smallest absolute Gasteiger partial charge is 0.334 e. The highest BCUT2D eigenvalue weighted by Crippen LogP contribution is 2.27. The fraction of sp³-hybridized carbons (Fsp3) is 0.273. The maximum absolute atomic E-state index is 11.9. The van der Waals surface area contributed by atoms with Gasteiger partial charge < -0.3 is 20.3 Å². The Labute approximate surface area is 112 Å². The van der Waals surface area contributed by atoms with E-state index < -0.39 is 35.1 Å². The van der Waals surface area contributed by atoms with E-state index >= 15 is 0 Å². The number of nitrogens with one attached hydrogen (secondary N) is 1. The van der Waals surface area contributed by atoms with Crippen molar-refractivity contribution in [3.63, 3.8) is 0 Å². The average molecular weight is 284 g/mol. The molecule has 0 aromatic heterocycles. The molecular weight excluding hydrogens is 272 g/mol. The first-order chi connectivity index (χ1) is 9.38. The predicted molar refractivity (Wildman–Crippen MR) is 65.6 cm³/mol. The van der Waals surface area contributed by atoms with Crippen molar-refractivity contribution >= 4 is 17.6 Å². The van der Waals surface area contributed by atoms with Crippen LogP contribution >= 0.6 is 0 Å². The molecule has 0 aliphatic carbocycles. The van der Waals surface area contributed by atoms with Gasteiger partial charge in [0.05, 0.1) is 18.6 Å². The van der Waals surface area contributed by atoms with Crippen LogP contribution in [0, 0.1) is 10.1 Å². The standard InChI is InChI=1S/C11H12N2O7/c1-20-8-4-2-3-6(13(18)19)9(8)10(15)12-5-7(14)11(16)17/h2-4,7,14H,5H2,1H3,(H,12,15)(H,16,17)/t7-/m0/s1. The Hall–Kier alpha value is -2.68. The first kappa shape index (κ1) is 15.4. The maximum Gasteiger partial charge on any atom is 0.334 e. The highest BCUT2D eigenvalue weighted by atomic mass is 16.6. The summed E-state index contributed by atoms with van der Waals surface area (Å²) in [5.74, 6) is -2.45. The summed E-state index contributed by atoms with van der Waals surface area (Å²) in [5.41, 5.74) is -0.816. The number of methoxy groups -OCH3 is 1. The van der Waals surface area contributed by atoms with Crippen LogP contribution in [0.1, 0.15) is 10.4 Å². The lowest BCUT2D eigenvalue weighted by molar-refractivity contribution is -0.385. The van der Waals surface area contributed by atoms with Gasteiger partial charge in [0.25, 0.3) is 11.6 Å². The monoisotopic (exact) mass is 284 g/mol. The van der Waals surface area contributed by atoms with Gasteiger partial charge in [-0.3, -0.25) is 14.9 Å². The number of hydrogen-bond acceptors (Lipinski definition) is 6. The molecule has 9 nitrogen and oxygen atoms in total. The molecule has 0 unspecified atom stereocenters. The zero-order chi connectivity index (χ0) is 15.3. The topological polar surface area (TPSA) is 139 Å². The van der Waals surface area contributed by atoms with Crippen molar-refractivity contribution in [1.82, 2.24) is 5.32 Å². The summed E-state index contributed by atoms with van der Waals surface area (Å²) in [6, 6.07) is 3.82. The number of amides is 1. The second-order valence-corrected chi connectivity index (χ2v) is 3.68. The van der Waals surface area contributed by atoms with Crippen LogP contribution in [0.15, 0.2) is 18.2 Å². The number of carboxylic acids is 1. The SMILES string of the molecule is COc1cccc([N+](=O)[O-])c1C(=O)NC[C@H](O)C(=O)O. The number of aliphatic carboxylic acids is 1. The van der Waals surface area contributed by atoms with Gasteiger partial charge in [-0.25, -0.2) is 4.79 Å². The van der Waals surface area contributed by atoms with Crippen LogP contribution in [0.4, 0.5) is 5.69 Å². The van der Waals surface area contributed by atoms with Gasteiger partial charge in [0, 0.05) is 6.07 Å². The number of rotatable bonds is 6. The van der Waals surface area contributed by atoms with Gasteiger partial charge in [0.15, 0.2) is 11.7 Å². The third-order valence-electron chi connectivity index (χ3n) is 2.39. The molecule has 1 amide bonds. The molecule has 20 heavy (non-hydrogen) atoms. The van der Waals surface area contributed by atoms with Crippen molar-refractivity contribution in [3.05, 3.63) is 33.9 Å². The molecule has 3 N–H and O–H groups in total. The summed E-state index contributed by atoms with van der Waals surface area (Å²) in [6.07, 6.45) is -1.80. The molecule has 0 aliphatic rings. The number of hydrogen-bond donors (Lipinski definition) is 3. The highest BCUT2D eigenvalue weighted by molar-refractivity contribution is 6.01. The predicted octanol–water partition coefficient (Wildman–Crippen LogP) is -0.221. The Balaban J connectivity index is 3.02. The van der Waals surface area contributed by atoms with E-state index in [1.165, 1.54) is 19.2 Å². The minimum absolute atomic E-state index is 0.0264. The molecule has 108 valence electrons. The Kier molecular flexibility index (Phi) is 4.98. The van der Waals surface area contributed by atoms with Crippen LogP contribution in [-0.2, 0) is 4.79 Å². The van der Waals surface area contributed by atoms with Crippen molar-refractivity contribution in [2.24, 2.45) is 0 Å². The summed E-state index contributed by atoms with van der Waals surface area (Å²) in [4.78, 5) is 32.4. The Morgan fingerprint density at radius 1 is 1.50 bits per heavy atom. The summed E-state index contributed by atoms with van der Waals surface area (Å²) in [7, 11) is 1.24. The van der Waals surface area contributed by atoms with Crippen molar-refractivity contribution in [2.45, 2.75) is 6.10 Å². The average Bonchev–Trinajstić information content (AvgIpc) is 2.42. The summed E-state index contributed by atoms with van der Waals surface area (Å²) in [5, 5.41) is 30.5. The van der Waals surface area contributed by atoms with Gasteiger partial charge in [-0.1, -0.05) is 6.07 Å². The highest BCUT2D eigenvalue weighted by Gasteiger charge is 2.25. The number of ether oxygens (including phenoxy) is 1. The first-order valence-electron chi connectivity index (χ1n) is 5.39. The number of carbonyl (C=O) groups is 2. The number of carbonyl (C=O) groups excluding carboxylic acids is 1. The Morgan fingerprint density at radius 2 is 2.15 bits per heavy atom. The second-order valence-electron chi connectivity index (χ2n) is 3.68. The van der Waals surface area contributed by atoms with E-state index in [-0.39, 0.29) is 11.3 Å². The van der Waals surface area contributed by atoms with Crippen molar-refractivity contribution in [2.75, 3.05) is 13.7 Å². The lowest BCUT2D eigenvalue weighted by Gasteiger charge is -2.10. The summed E-state index contributed by atoms with van der Waals surface area (Å²) in [6.45, 7) is -0.580. The van der Waals surface area contributed by atoms with E-state index in [1.54, 1.807) is 0 Å². The van der Waals surface area contributed by atoms with E-state index in [0.29, 0.717) is 0 Å². The van der Waals surface area contributed by atoms with Crippen molar-refractivity contribution in [1.29, 1.82) is 0 Å². The normalized spacial score (nSPS) is 11.5. The van der Waals surface area contributed by atoms with Crippen LogP contribution in [0.5, 0.6) is 5.75 Å². The number of aliphatic hydroxyl groups is 1. The van der Waals surface area contributed by atoms with E-state index in [4.69, 9.17) is 14.9 Å². The third kappa shape index (κ3) is 3.42. The number of carboxylic acid groups (broad SMARTS) is 1. The number of nitro groups is 1. The van der Waals surface area contributed by atoms with E-state index in [9.17, 15) is 19.7 Å². The lowest BCUT2D eigenvalue weighted by Crippen LogP contribution is -2.36. The van der Waals surface area contributed by atoms with E-state index in [2.05, 4.69) is 5.32 Å². The van der Waals surface area contributed by atoms with E-state index in [0.717, 1.165) is 6.07 Å². The van der Waals surface area contributed by atoms with Crippen LogP contribution in [0.2, 0.25) is 0 Å². The van der Waals surface area contributed by atoms with Gasteiger partial charge in [0.2, 0.25) is 0 Å². The first-order valence-corrected chi connectivity index (χ1v) is 5.39. The quantitative estimate of drug-likeness (QED) is 0.484. The molecule has 0 aliphatic heterocycles. The van der Waals surface area contributed by atoms with E-state index in [1.807, 2.05) is 0 Å². The number of nitrogens with zero attached hydrogens (tertiary/aromatic N) is 1. The van der Waals surface area contributed by atoms with Crippen LogP contribution in [-0.4, -0.2) is 46.8 Å². The number of nitro benzene ring substituents is 1. The van der Waals surface area contributed by atoms with Crippen LogP contribution in [0.3, 0.4) is 0 Å². The molecule has 0 radical (unpaired) electrons. The molecule has 0 spiro atoms. The largest absolute Gasteiger partial charge is 0.496 e. The van der Waals surface area contributed by atoms with Crippen LogP contribution in [0.25, 0.3) is 0 Å². The molecule has 1 rings (SSSR count). The Morgan fingerprint density at radius 3 is 2.65 bits per heavy atom. The molecule has 1 aromatic rings. The molecule has 9 heteroatoms.